The van der Waals surface area contributed by atoms with Crippen molar-refractivity contribution in [3.63, 3.8) is 0 Å². The third-order valence-corrected chi connectivity index (χ3v) is 3.76. The average molecular weight is 351 g/mol. The fourth-order valence-corrected chi connectivity index (χ4v) is 2.86. The number of halogens is 1. The van der Waals surface area contributed by atoms with Crippen LogP contribution in [-0.2, 0) is 10.2 Å². The molecule has 0 saturated heterocycles. The van der Waals surface area contributed by atoms with E-state index < -0.39 is 10.2 Å². The SMILES string of the molecule is CC(C)NS(=O)(=O)Nc1cc(Br)ccc1/C(N)=N/O. The summed E-state index contributed by atoms with van der Waals surface area (Å²) in [6.07, 6.45) is 0. The van der Waals surface area contributed by atoms with Crippen molar-refractivity contribution in [2.45, 2.75) is 19.9 Å². The minimum atomic E-state index is -3.73. The fourth-order valence-electron chi connectivity index (χ4n) is 1.36. The van der Waals surface area contributed by atoms with E-state index >= 15 is 0 Å². The second-order valence-corrected chi connectivity index (χ2v) is 6.42. The molecule has 1 aromatic carbocycles. The number of anilines is 1. The number of benzene rings is 1. The molecule has 0 radical (unpaired) electrons. The third kappa shape index (κ3) is 4.69. The number of nitrogens with one attached hydrogen (secondary N) is 2. The molecule has 1 aromatic rings. The van der Waals surface area contributed by atoms with Gasteiger partial charge in [-0.25, -0.2) is 0 Å². The Kier molecular flexibility index (Phi) is 5.15. The minimum Gasteiger partial charge on any atom is -0.409 e. The molecule has 0 aliphatic heterocycles. The number of oxime groups is 1. The monoisotopic (exact) mass is 350 g/mol. The van der Waals surface area contributed by atoms with Gasteiger partial charge in [-0.1, -0.05) is 21.1 Å². The number of nitrogens with two attached hydrogens (primary N) is 1. The van der Waals surface area contributed by atoms with Crippen molar-refractivity contribution in [3.8, 4) is 0 Å². The lowest BCUT2D eigenvalue weighted by atomic mass is 10.2. The van der Waals surface area contributed by atoms with E-state index in [9.17, 15) is 8.42 Å². The highest BCUT2D eigenvalue weighted by atomic mass is 79.9. The molecule has 106 valence electrons. The van der Waals surface area contributed by atoms with Gasteiger partial charge in [-0.2, -0.15) is 13.1 Å². The lowest BCUT2D eigenvalue weighted by Crippen LogP contribution is -2.35. The maximum absolute atomic E-state index is 11.8. The molecule has 0 aliphatic carbocycles. The Balaban J connectivity index is 3.16. The van der Waals surface area contributed by atoms with Crippen LogP contribution in [0.3, 0.4) is 0 Å². The molecule has 5 N–H and O–H groups in total. The highest BCUT2D eigenvalue weighted by molar-refractivity contribution is 9.10. The van der Waals surface area contributed by atoms with Crippen molar-refractivity contribution in [1.29, 1.82) is 0 Å². The summed E-state index contributed by atoms with van der Waals surface area (Å²) >= 11 is 3.23. The van der Waals surface area contributed by atoms with Gasteiger partial charge in [-0.3, -0.25) is 4.72 Å². The summed E-state index contributed by atoms with van der Waals surface area (Å²) in [4.78, 5) is 0. The zero-order valence-electron chi connectivity index (χ0n) is 10.4. The van der Waals surface area contributed by atoms with Gasteiger partial charge in [0.05, 0.1) is 5.69 Å². The fraction of sp³-hybridized carbons (Fsp3) is 0.300. The maximum Gasteiger partial charge on any atom is 0.299 e. The molecular formula is C10H15BrN4O3S. The molecule has 0 heterocycles. The summed E-state index contributed by atoms with van der Waals surface area (Å²) < 4.78 is 29.0. The van der Waals surface area contributed by atoms with Crippen molar-refractivity contribution < 1.29 is 13.6 Å². The van der Waals surface area contributed by atoms with Gasteiger partial charge in [-0.15, -0.1) is 0 Å². The van der Waals surface area contributed by atoms with Crippen molar-refractivity contribution in [3.05, 3.63) is 28.2 Å². The molecule has 1 rings (SSSR count). The Morgan fingerprint density at radius 2 is 2.11 bits per heavy atom. The summed E-state index contributed by atoms with van der Waals surface area (Å²) in [6.45, 7) is 3.40. The zero-order valence-corrected chi connectivity index (χ0v) is 12.8. The van der Waals surface area contributed by atoms with Crippen molar-refractivity contribution in [2.24, 2.45) is 10.9 Å². The molecule has 0 aliphatic rings. The van der Waals surface area contributed by atoms with E-state index in [-0.39, 0.29) is 23.1 Å². The minimum absolute atomic E-state index is 0.185. The summed E-state index contributed by atoms with van der Waals surface area (Å²) in [7, 11) is -3.73. The topological polar surface area (TPSA) is 117 Å². The molecule has 9 heteroatoms. The van der Waals surface area contributed by atoms with E-state index in [1.807, 2.05) is 0 Å². The van der Waals surface area contributed by atoms with Crippen molar-refractivity contribution in [2.75, 3.05) is 4.72 Å². The van der Waals surface area contributed by atoms with E-state index in [2.05, 4.69) is 30.5 Å². The Labute approximate surface area is 120 Å². The summed E-state index contributed by atoms with van der Waals surface area (Å²) in [5, 5.41) is 11.5. The van der Waals surface area contributed by atoms with Gasteiger partial charge in [0.15, 0.2) is 5.84 Å². The van der Waals surface area contributed by atoms with Crippen LogP contribution in [0.15, 0.2) is 27.8 Å². The van der Waals surface area contributed by atoms with Crippen LogP contribution in [0.2, 0.25) is 0 Å². The smallest absolute Gasteiger partial charge is 0.299 e. The first-order valence-corrected chi connectivity index (χ1v) is 7.60. The first kappa shape index (κ1) is 15.7. The van der Waals surface area contributed by atoms with Crippen LogP contribution in [0.5, 0.6) is 0 Å². The number of hydrogen-bond acceptors (Lipinski definition) is 4. The number of hydrogen-bond donors (Lipinski definition) is 4. The third-order valence-electron chi connectivity index (χ3n) is 2.00. The van der Waals surface area contributed by atoms with E-state index in [0.29, 0.717) is 4.47 Å². The molecule has 0 bridgehead atoms. The average Bonchev–Trinajstić information content (AvgIpc) is 2.25. The lowest BCUT2D eigenvalue weighted by molar-refractivity contribution is 0.318. The number of amidine groups is 1. The van der Waals surface area contributed by atoms with Gasteiger partial charge in [0.2, 0.25) is 0 Å². The van der Waals surface area contributed by atoms with E-state index in [1.54, 1.807) is 19.9 Å². The van der Waals surface area contributed by atoms with Crippen molar-refractivity contribution in [1.82, 2.24) is 4.72 Å². The summed E-state index contributed by atoms with van der Waals surface area (Å²) in [5.41, 5.74) is 5.98. The number of nitrogens with zero attached hydrogens (tertiary/aromatic N) is 1. The van der Waals surface area contributed by atoms with Gasteiger partial charge >= 0.3 is 0 Å². The first-order chi connectivity index (χ1) is 8.75. The standard InChI is InChI=1S/C10H15BrN4O3S/c1-6(2)14-19(17,18)15-9-5-7(11)3-4-8(9)10(12)13-16/h3-6,14-16H,1-2H3,(H2,12,13). The quantitative estimate of drug-likeness (QED) is 0.276. The van der Waals surface area contributed by atoms with Crippen molar-refractivity contribution >= 4 is 37.7 Å². The Hall–Kier alpha value is -1.32. The highest BCUT2D eigenvalue weighted by Gasteiger charge is 2.15. The summed E-state index contributed by atoms with van der Waals surface area (Å²) in [6, 6.07) is 4.46. The predicted octanol–water partition coefficient (Wildman–Crippen LogP) is 1.20. The number of rotatable bonds is 5. The van der Waals surface area contributed by atoms with Crippen LogP contribution >= 0.6 is 15.9 Å². The molecule has 0 spiro atoms. The van der Waals surface area contributed by atoms with E-state index in [1.165, 1.54) is 12.1 Å². The molecule has 0 saturated carbocycles. The van der Waals surface area contributed by atoms with E-state index in [4.69, 9.17) is 10.9 Å². The normalized spacial score (nSPS) is 12.7. The summed E-state index contributed by atoms with van der Waals surface area (Å²) in [5.74, 6) is -0.185. The van der Waals surface area contributed by atoms with Gasteiger partial charge in [-0.05, 0) is 32.0 Å². The molecule has 0 atom stereocenters. The predicted molar refractivity (Wildman–Crippen MR) is 77.5 cm³/mol. The second-order valence-electron chi connectivity index (χ2n) is 4.05. The van der Waals surface area contributed by atoms with Gasteiger partial charge in [0, 0.05) is 16.1 Å². The van der Waals surface area contributed by atoms with Crippen LogP contribution in [0.1, 0.15) is 19.4 Å². The van der Waals surface area contributed by atoms with Crippen LogP contribution in [0, 0.1) is 0 Å². The zero-order chi connectivity index (χ0) is 14.6. The molecule has 0 unspecified atom stereocenters. The highest BCUT2D eigenvalue weighted by Crippen LogP contribution is 2.22. The Morgan fingerprint density at radius 1 is 1.47 bits per heavy atom. The van der Waals surface area contributed by atoms with Gasteiger partial charge < -0.3 is 10.9 Å². The van der Waals surface area contributed by atoms with Crippen LogP contribution in [-0.4, -0.2) is 25.5 Å². The maximum atomic E-state index is 11.8. The Morgan fingerprint density at radius 3 is 2.63 bits per heavy atom. The molecule has 19 heavy (non-hydrogen) atoms. The molecule has 0 aromatic heterocycles. The lowest BCUT2D eigenvalue weighted by Gasteiger charge is -2.14. The molecule has 0 amide bonds. The van der Waals surface area contributed by atoms with E-state index in [0.717, 1.165) is 0 Å². The molecule has 0 fully saturated rings. The second kappa shape index (κ2) is 6.22. The van der Waals surface area contributed by atoms with Crippen LogP contribution in [0.4, 0.5) is 5.69 Å². The van der Waals surface area contributed by atoms with Gasteiger partial charge in [0.25, 0.3) is 10.2 Å². The largest absolute Gasteiger partial charge is 0.409 e. The first-order valence-electron chi connectivity index (χ1n) is 5.32. The van der Waals surface area contributed by atoms with Gasteiger partial charge in [0.1, 0.15) is 0 Å². The van der Waals surface area contributed by atoms with Crippen LogP contribution < -0.4 is 15.2 Å². The molecule has 7 nitrogen and oxygen atoms in total. The van der Waals surface area contributed by atoms with Crippen LogP contribution in [0.25, 0.3) is 0 Å². The Bertz CT molecular complexity index is 586. The molecular weight excluding hydrogens is 336 g/mol.